The molecule has 2 amide bonds. The fourth-order valence-electron chi connectivity index (χ4n) is 5.05. The second-order valence-electron chi connectivity index (χ2n) is 10.6. The highest BCUT2D eigenvalue weighted by atomic mass is 32.2. The SMILES string of the molecule is Cc1cc(C)nc(SCC(=O)N(Cc2ccccc2C)C(C(=O)Nc2ccc(N(C)C)cc2)C2CC=CCC2)n1. The van der Waals surface area contributed by atoms with E-state index < -0.39 is 6.04 Å². The molecule has 1 aromatic heterocycles. The third-order valence-electron chi connectivity index (χ3n) is 7.22. The Hall–Kier alpha value is -3.65. The van der Waals surface area contributed by atoms with Crippen LogP contribution in [0.15, 0.2) is 71.9 Å². The van der Waals surface area contributed by atoms with Gasteiger partial charge in [-0.2, -0.15) is 0 Å². The minimum absolute atomic E-state index is 0.0153. The molecular formula is C32H39N5O2S. The number of amides is 2. The highest BCUT2D eigenvalue weighted by Gasteiger charge is 2.36. The van der Waals surface area contributed by atoms with E-state index in [1.54, 1.807) is 4.90 Å². The van der Waals surface area contributed by atoms with Crippen molar-refractivity contribution in [3.8, 4) is 0 Å². The molecule has 3 aromatic rings. The van der Waals surface area contributed by atoms with Crippen molar-refractivity contribution in [2.45, 2.75) is 57.8 Å². The molecular weight excluding hydrogens is 518 g/mol. The Morgan fingerprint density at radius 1 is 1.00 bits per heavy atom. The van der Waals surface area contributed by atoms with Crippen molar-refractivity contribution in [2.24, 2.45) is 5.92 Å². The first-order valence-corrected chi connectivity index (χ1v) is 14.7. The summed E-state index contributed by atoms with van der Waals surface area (Å²) >= 11 is 1.32. The topological polar surface area (TPSA) is 78.4 Å². The molecule has 2 unspecified atom stereocenters. The van der Waals surface area contributed by atoms with Crippen molar-refractivity contribution in [1.29, 1.82) is 0 Å². The number of anilines is 2. The number of hydrogen-bond acceptors (Lipinski definition) is 6. The molecule has 0 aliphatic heterocycles. The molecule has 0 radical (unpaired) electrons. The standard InChI is InChI=1S/C32H39N5O2S/c1-22-11-9-10-14-26(22)20-37(29(38)21-40-32-33-23(2)19-24(3)34-32)30(25-12-7-6-8-13-25)31(39)35-27-15-17-28(18-16-27)36(4)5/h6-7,9-11,14-19,25,30H,8,12-13,20-21H2,1-5H3,(H,35,39). The van der Waals surface area contributed by atoms with E-state index in [2.05, 4.69) is 27.4 Å². The molecule has 1 N–H and O–H groups in total. The maximum atomic E-state index is 14.0. The van der Waals surface area contributed by atoms with Gasteiger partial charge in [-0.3, -0.25) is 9.59 Å². The van der Waals surface area contributed by atoms with Crippen molar-refractivity contribution in [3.05, 3.63) is 89.3 Å². The van der Waals surface area contributed by atoms with Crippen LogP contribution in [-0.2, 0) is 16.1 Å². The van der Waals surface area contributed by atoms with E-state index in [1.165, 1.54) is 11.8 Å². The molecule has 4 rings (SSSR count). The molecule has 2 aromatic carbocycles. The second-order valence-corrected chi connectivity index (χ2v) is 11.5. The zero-order valence-corrected chi connectivity index (χ0v) is 24.9. The third-order valence-corrected chi connectivity index (χ3v) is 8.05. The van der Waals surface area contributed by atoms with E-state index in [0.717, 1.165) is 47.5 Å². The molecule has 2 atom stereocenters. The number of aromatic nitrogens is 2. The fourth-order valence-corrected chi connectivity index (χ4v) is 5.89. The lowest BCUT2D eigenvalue weighted by molar-refractivity contribution is -0.139. The Bertz CT molecular complexity index is 1340. The van der Waals surface area contributed by atoms with Crippen LogP contribution in [-0.4, -0.2) is 52.6 Å². The number of benzene rings is 2. The number of hydrogen-bond donors (Lipinski definition) is 1. The Morgan fingerprint density at radius 3 is 2.33 bits per heavy atom. The van der Waals surface area contributed by atoms with E-state index >= 15 is 0 Å². The van der Waals surface area contributed by atoms with Crippen molar-refractivity contribution in [3.63, 3.8) is 0 Å². The smallest absolute Gasteiger partial charge is 0.247 e. The molecule has 210 valence electrons. The average molecular weight is 558 g/mol. The summed E-state index contributed by atoms with van der Waals surface area (Å²) < 4.78 is 0. The van der Waals surface area contributed by atoms with Crippen molar-refractivity contribution >= 4 is 35.0 Å². The van der Waals surface area contributed by atoms with Gasteiger partial charge in [0.15, 0.2) is 5.16 Å². The lowest BCUT2D eigenvalue weighted by atomic mass is 9.85. The molecule has 0 fully saturated rings. The number of carbonyl (C=O) groups excluding carboxylic acids is 2. The lowest BCUT2D eigenvalue weighted by Crippen LogP contribution is -2.52. The quantitative estimate of drug-likeness (QED) is 0.189. The lowest BCUT2D eigenvalue weighted by Gasteiger charge is -2.37. The predicted octanol–water partition coefficient (Wildman–Crippen LogP) is 5.95. The first-order valence-electron chi connectivity index (χ1n) is 13.7. The summed E-state index contributed by atoms with van der Waals surface area (Å²) in [5, 5.41) is 3.70. The summed E-state index contributed by atoms with van der Waals surface area (Å²) in [5.74, 6) is -0.0961. The summed E-state index contributed by atoms with van der Waals surface area (Å²) in [6.07, 6.45) is 6.78. The predicted molar refractivity (Wildman–Crippen MR) is 164 cm³/mol. The van der Waals surface area contributed by atoms with E-state index in [-0.39, 0.29) is 23.5 Å². The molecule has 1 heterocycles. The molecule has 0 saturated carbocycles. The minimum Gasteiger partial charge on any atom is -0.378 e. The van der Waals surface area contributed by atoms with Crippen LogP contribution in [0.1, 0.15) is 41.8 Å². The number of thioether (sulfide) groups is 1. The number of nitrogens with one attached hydrogen (secondary N) is 1. The Labute approximate surface area is 242 Å². The van der Waals surface area contributed by atoms with Gasteiger partial charge in [0.1, 0.15) is 6.04 Å². The zero-order valence-electron chi connectivity index (χ0n) is 24.1. The van der Waals surface area contributed by atoms with Gasteiger partial charge in [-0.15, -0.1) is 0 Å². The minimum atomic E-state index is -0.619. The van der Waals surface area contributed by atoms with Crippen LogP contribution in [0, 0.1) is 26.7 Å². The number of aryl methyl sites for hydroxylation is 3. The molecule has 1 aliphatic rings. The Kier molecular flexibility index (Phi) is 9.98. The largest absolute Gasteiger partial charge is 0.378 e. The Balaban J connectivity index is 1.65. The average Bonchev–Trinajstić information content (AvgIpc) is 2.93. The van der Waals surface area contributed by atoms with E-state index in [4.69, 9.17) is 0 Å². The molecule has 0 saturated heterocycles. The molecule has 40 heavy (non-hydrogen) atoms. The van der Waals surface area contributed by atoms with Crippen LogP contribution in [0.4, 0.5) is 11.4 Å². The summed E-state index contributed by atoms with van der Waals surface area (Å²) in [7, 11) is 3.97. The third kappa shape index (κ3) is 7.72. The maximum Gasteiger partial charge on any atom is 0.247 e. The van der Waals surface area contributed by atoms with E-state index in [9.17, 15) is 9.59 Å². The van der Waals surface area contributed by atoms with Crippen LogP contribution < -0.4 is 10.2 Å². The number of rotatable bonds is 10. The summed E-state index contributed by atoms with van der Waals surface area (Å²) in [6, 6.07) is 17.1. The van der Waals surface area contributed by atoms with Gasteiger partial charge in [-0.05, 0) is 87.4 Å². The molecule has 0 spiro atoms. The number of nitrogens with zero attached hydrogens (tertiary/aromatic N) is 4. The van der Waals surface area contributed by atoms with Crippen LogP contribution in [0.25, 0.3) is 0 Å². The van der Waals surface area contributed by atoms with Gasteiger partial charge in [0.05, 0.1) is 5.75 Å². The van der Waals surface area contributed by atoms with Gasteiger partial charge in [-0.25, -0.2) is 9.97 Å². The van der Waals surface area contributed by atoms with E-state index in [1.807, 2.05) is 94.4 Å². The van der Waals surface area contributed by atoms with Crippen LogP contribution in [0.2, 0.25) is 0 Å². The van der Waals surface area contributed by atoms with Crippen LogP contribution in [0.3, 0.4) is 0 Å². The number of allylic oxidation sites excluding steroid dienone is 2. The summed E-state index contributed by atoms with van der Waals surface area (Å²) in [6.45, 7) is 6.25. The van der Waals surface area contributed by atoms with Crippen molar-refractivity contribution < 1.29 is 9.59 Å². The van der Waals surface area contributed by atoms with Crippen LogP contribution >= 0.6 is 11.8 Å². The van der Waals surface area contributed by atoms with Crippen LogP contribution in [0.5, 0.6) is 0 Å². The Morgan fingerprint density at radius 2 is 1.70 bits per heavy atom. The normalized spacial score (nSPS) is 15.4. The summed E-state index contributed by atoms with van der Waals surface area (Å²) in [4.78, 5) is 40.8. The first kappa shape index (κ1) is 29.3. The molecule has 7 nitrogen and oxygen atoms in total. The second kappa shape index (κ2) is 13.6. The highest BCUT2D eigenvalue weighted by molar-refractivity contribution is 7.99. The molecule has 8 heteroatoms. The summed E-state index contributed by atoms with van der Waals surface area (Å²) in [5.41, 5.74) is 5.62. The first-order chi connectivity index (χ1) is 19.2. The zero-order chi connectivity index (χ0) is 28.6. The number of carbonyl (C=O) groups is 2. The monoisotopic (exact) mass is 557 g/mol. The van der Waals surface area contributed by atoms with E-state index in [0.29, 0.717) is 17.4 Å². The van der Waals surface area contributed by atoms with Crippen molar-refractivity contribution in [2.75, 3.05) is 30.1 Å². The fraction of sp³-hybridized carbons (Fsp3) is 0.375. The molecule has 0 bridgehead atoms. The van der Waals surface area contributed by atoms with Gasteiger partial charge >= 0.3 is 0 Å². The maximum absolute atomic E-state index is 14.0. The van der Waals surface area contributed by atoms with Gasteiger partial charge in [0.25, 0.3) is 0 Å². The van der Waals surface area contributed by atoms with Gasteiger partial charge in [0, 0.05) is 43.4 Å². The van der Waals surface area contributed by atoms with Gasteiger partial charge in [-0.1, -0.05) is 48.2 Å². The van der Waals surface area contributed by atoms with Gasteiger partial charge < -0.3 is 15.1 Å². The van der Waals surface area contributed by atoms with Gasteiger partial charge in [0.2, 0.25) is 11.8 Å². The molecule has 1 aliphatic carbocycles. The van der Waals surface area contributed by atoms with Crippen molar-refractivity contribution in [1.82, 2.24) is 14.9 Å². The highest BCUT2D eigenvalue weighted by Crippen LogP contribution is 2.29.